The van der Waals surface area contributed by atoms with Gasteiger partial charge in [0.1, 0.15) is 0 Å². The highest BCUT2D eigenvalue weighted by Gasteiger charge is 2.16. The van der Waals surface area contributed by atoms with Crippen molar-refractivity contribution >= 4 is 33.2 Å². The molecule has 1 amide bonds. The first kappa shape index (κ1) is 14.6. The number of carbonyl (C=O) groups is 1. The van der Waals surface area contributed by atoms with Gasteiger partial charge >= 0.3 is 0 Å². The van der Waals surface area contributed by atoms with Gasteiger partial charge in [-0.15, -0.1) is 11.3 Å². The minimum Gasteiger partial charge on any atom is -0.383 e. The maximum absolute atomic E-state index is 12.2. The highest BCUT2D eigenvalue weighted by Crippen LogP contribution is 2.23. The molecule has 0 fully saturated rings. The fraction of sp³-hybridized carbons (Fsp3) is 0.545. The lowest BCUT2D eigenvalue weighted by atomic mass is 10.4. The number of hydrogen-bond acceptors (Lipinski definition) is 4. The van der Waals surface area contributed by atoms with Crippen LogP contribution in [0.3, 0.4) is 0 Å². The van der Waals surface area contributed by atoms with Crippen LogP contribution in [-0.4, -0.2) is 51.3 Å². The molecular weight excluding hydrogens is 306 g/mol. The minimum atomic E-state index is 0.0230. The summed E-state index contributed by atoms with van der Waals surface area (Å²) in [4.78, 5) is 14.6. The Hall–Kier alpha value is -0.430. The van der Waals surface area contributed by atoms with Crippen LogP contribution in [0.1, 0.15) is 9.67 Å². The Morgan fingerprint density at radius 3 is 2.29 bits per heavy atom. The van der Waals surface area contributed by atoms with Crippen molar-refractivity contribution in [1.29, 1.82) is 0 Å². The Kier molecular flexibility index (Phi) is 6.72. The highest BCUT2D eigenvalue weighted by molar-refractivity contribution is 9.11. The molecule has 17 heavy (non-hydrogen) atoms. The summed E-state index contributed by atoms with van der Waals surface area (Å²) in [6, 6.07) is 3.70. The van der Waals surface area contributed by atoms with E-state index < -0.39 is 0 Å². The molecule has 1 rings (SSSR count). The van der Waals surface area contributed by atoms with E-state index in [1.165, 1.54) is 11.3 Å². The monoisotopic (exact) mass is 321 g/mol. The first-order valence-corrected chi connectivity index (χ1v) is 6.82. The minimum absolute atomic E-state index is 0.0230. The molecule has 0 radical (unpaired) electrons. The number of carbonyl (C=O) groups excluding carboxylic acids is 1. The van der Waals surface area contributed by atoms with Gasteiger partial charge in [-0.1, -0.05) is 0 Å². The molecule has 0 saturated carbocycles. The van der Waals surface area contributed by atoms with E-state index in [9.17, 15) is 4.79 Å². The Bertz CT molecular complexity index is 348. The number of methoxy groups -OCH3 is 2. The summed E-state index contributed by atoms with van der Waals surface area (Å²) in [5.41, 5.74) is 0. The van der Waals surface area contributed by atoms with Gasteiger partial charge < -0.3 is 14.4 Å². The van der Waals surface area contributed by atoms with Crippen LogP contribution in [0.5, 0.6) is 0 Å². The van der Waals surface area contributed by atoms with Gasteiger partial charge in [-0.3, -0.25) is 4.79 Å². The van der Waals surface area contributed by atoms with Gasteiger partial charge in [-0.05, 0) is 28.1 Å². The topological polar surface area (TPSA) is 38.8 Å². The molecule has 0 aliphatic heterocycles. The van der Waals surface area contributed by atoms with Crippen LogP contribution in [0.25, 0.3) is 0 Å². The van der Waals surface area contributed by atoms with E-state index in [1.54, 1.807) is 19.1 Å². The maximum Gasteiger partial charge on any atom is 0.264 e. The van der Waals surface area contributed by atoms with Crippen molar-refractivity contribution < 1.29 is 14.3 Å². The zero-order valence-corrected chi connectivity index (χ0v) is 12.3. The van der Waals surface area contributed by atoms with E-state index in [0.717, 1.165) is 8.66 Å². The van der Waals surface area contributed by atoms with Crippen molar-refractivity contribution in [2.45, 2.75) is 0 Å². The molecule has 0 aliphatic rings. The smallest absolute Gasteiger partial charge is 0.264 e. The Labute approximate surface area is 114 Å². The van der Waals surface area contributed by atoms with Crippen LogP contribution >= 0.6 is 27.3 Å². The average molecular weight is 322 g/mol. The van der Waals surface area contributed by atoms with E-state index in [1.807, 2.05) is 12.1 Å². The van der Waals surface area contributed by atoms with Gasteiger partial charge in [-0.2, -0.15) is 0 Å². The summed E-state index contributed by atoms with van der Waals surface area (Å²) < 4.78 is 11.0. The molecule has 0 atom stereocenters. The van der Waals surface area contributed by atoms with Gasteiger partial charge in [0.15, 0.2) is 0 Å². The SMILES string of the molecule is COCCN(CCOC)C(=O)c1ccc(Br)s1. The van der Waals surface area contributed by atoms with Crippen molar-refractivity contribution in [3.05, 3.63) is 20.8 Å². The molecule has 1 aromatic rings. The maximum atomic E-state index is 12.2. The number of hydrogen-bond donors (Lipinski definition) is 0. The number of amides is 1. The number of rotatable bonds is 7. The van der Waals surface area contributed by atoms with Crippen LogP contribution in [0.2, 0.25) is 0 Å². The van der Waals surface area contributed by atoms with E-state index in [-0.39, 0.29) is 5.91 Å². The van der Waals surface area contributed by atoms with Crippen LogP contribution < -0.4 is 0 Å². The molecule has 0 bridgehead atoms. The van der Waals surface area contributed by atoms with Crippen LogP contribution in [-0.2, 0) is 9.47 Å². The number of halogens is 1. The fourth-order valence-electron chi connectivity index (χ4n) is 1.30. The lowest BCUT2D eigenvalue weighted by molar-refractivity contribution is 0.0632. The van der Waals surface area contributed by atoms with Gasteiger partial charge in [0.2, 0.25) is 0 Å². The van der Waals surface area contributed by atoms with Crippen molar-refractivity contribution in [2.75, 3.05) is 40.5 Å². The summed E-state index contributed by atoms with van der Waals surface area (Å²) >= 11 is 4.79. The highest BCUT2D eigenvalue weighted by atomic mass is 79.9. The van der Waals surface area contributed by atoms with Crippen molar-refractivity contribution in [3.63, 3.8) is 0 Å². The lowest BCUT2D eigenvalue weighted by Crippen LogP contribution is -2.36. The van der Waals surface area contributed by atoms with Crippen molar-refractivity contribution in [2.24, 2.45) is 0 Å². The predicted octanol–water partition coefficient (Wildman–Crippen LogP) is 2.25. The molecule has 6 heteroatoms. The van der Waals surface area contributed by atoms with Crippen molar-refractivity contribution in [1.82, 2.24) is 4.90 Å². The quantitative estimate of drug-likeness (QED) is 0.773. The van der Waals surface area contributed by atoms with Gasteiger partial charge in [0.25, 0.3) is 5.91 Å². The first-order valence-electron chi connectivity index (χ1n) is 5.21. The normalized spacial score (nSPS) is 10.5. The Morgan fingerprint density at radius 2 is 1.88 bits per heavy atom. The predicted molar refractivity (Wildman–Crippen MR) is 71.7 cm³/mol. The Balaban J connectivity index is 2.64. The lowest BCUT2D eigenvalue weighted by Gasteiger charge is -2.21. The average Bonchev–Trinajstić information content (AvgIpc) is 2.75. The zero-order valence-electron chi connectivity index (χ0n) is 9.94. The van der Waals surface area contributed by atoms with Gasteiger partial charge in [0, 0.05) is 27.3 Å². The van der Waals surface area contributed by atoms with E-state index >= 15 is 0 Å². The van der Waals surface area contributed by atoms with Crippen LogP contribution in [0.15, 0.2) is 15.9 Å². The molecule has 0 unspecified atom stereocenters. The number of nitrogens with zero attached hydrogens (tertiary/aromatic N) is 1. The fourth-order valence-corrected chi connectivity index (χ4v) is 2.66. The van der Waals surface area contributed by atoms with E-state index in [0.29, 0.717) is 26.3 Å². The summed E-state index contributed by atoms with van der Waals surface area (Å²) in [6.07, 6.45) is 0. The van der Waals surface area contributed by atoms with E-state index in [4.69, 9.17) is 9.47 Å². The molecule has 0 saturated heterocycles. The summed E-state index contributed by atoms with van der Waals surface area (Å²) in [7, 11) is 3.25. The van der Waals surface area contributed by atoms with Gasteiger partial charge in [0.05, 0.1) is 21.9 Å². The van der Waals surface area contributed by atoms with E-state index in [2.05, 4.69) is 15.9 Å². The summed E-state index contributed by atoms with van der Waals surface area (Å²) in [5.74, 6) is 0.0230. The van der Waals surface area contributed by atoms with Crippen LogP contribution in [0, 0.1) is 0 Å². The summed E-state index contributed by atoms with van der Waals surface area (Å²) in [5, 5.41) is 0. The first-order chi connectivity index (χ1) is 8.19. The summed E-state index contributed by atoms with van der Waals surface area (Å²) in [6.45, 7) is 2.21. The molecule has 96 valence electrons. The number of thiophene rings is 1. The molecule has 4 nitrogen and oxygen atoms in total. The molecule has 1 aromatic heterocycles. The molecular formula is C11H16BrNO3S. The Morgan fingerprint density at radius 1 is 1.29 bits per heavy atom. The van der Waals surface area contributed by atoms with Crippen molar-refractivity contribution in [3.8, 4) is 0 Å². The largest absolute Gasteiger partial charge is 0.383 e. The third-order valence-electron chi connectivity index (χ3n) is 2.20. The van der Waals surface area contributed by atoms with Crippen LogP contribution in [0.4, 0.5) is 0 Å². The van der Waals surface area contributed by atoms with Gasteiger partial charge in [-0.25, -0.2) is 0 Å². The molecule has 0 N–H and O–H groups in total. The molecule has 0 aliphatic carbocycles. The zero-order chi connectivity index (χ0) is 12.7. The molecule has 1 heterocycles. The standard InChI is InChI=1S/C11H16BrNO3S/c1-15-7-5-13(6-8-16-2)11(14)9-3-4-10(12)17-9/h3-4H,5-8H2,1-2H3. The second-order valence-corrected chi connectivity index (χ2v) is 5.84. The molecule has 0 spiro atoms. The third kappa shape index (κ3) is 4.75. The number of ether oxygens (including phenoxy) is 2. The second-order valence-electron chi connectivity index (χ2n) is 3.38. The molecule has 0 aromatic carbocycles. The third-order valence-corrected chi connectivity index (χ3v) is 3.81. The second kappa shape index (κ2) is 7.81.